The van der Waals surface area contributed by atoms with Crippen LogP contribution >= 0.6 is 0 Å². The van der Waals surface area contributed by atoms with Gasteiger partial charge in [0.05, 0.1) is 43.3 Å². The summed E-state index contributed by atoms with van der Waals surface area (Å²) in [5, 5.41) is 17.5. The quantitative estimate of drug-likeness (QED) is 0.301. The summed E-state index contributed by atoms with van der Waals surface area (Å²) in [5.41, 5.74) is 3.30. The number of morpholine rings is 1. The number of esters is 1. The molecule has 0 N–H and O–H groups in total. The summed E-state index contributed by atoms with van der Waals surface area (Å²) in [6, 6.07) is 6.06. The van der Waals surface area contributed by atoms with Crippen LogP contribution in [0.4, 0.5) is 10.3 Å². The lowest BCUT2D eigenvalue weighted by Crippen LogP contribution is -2.45. The van der Waals surface area contributed by atoms with Gasteiger partial charge in [-0.1, -0.05) is 11.3 Å². The van der Waals surface area contributed by atoms with Gasteiger partial charge in [-0.05, 0) is 44.5 Å². The molecule has 13 nitrogen and oxygen atoms in total. The van der Waals surface area contributed by atoms with Crippen molar-refractivity contribution in [1.82, 2.24) is 34.9 Å². The molecule has 0 bridgehead atoms. The molecule has 0 saturated carbocycles. The van der Waals surface area contributed by atoms with E-state index in [2.05, 4.69) is 35.2 Å². The van der Waals surface area contributed by atoms with Crippen LogP contribution in [0.5, 0.6) is 0 Å². The molecule has 3 aromatic heterocycles. The second-order valence-corrected chi connectivity index (χ2v) is 11.4. The highest BCUT2D eigenvalue weighted by atomic mass is 19.1. The second-order valence-electron chi connectivity index (χ2n) is 11.4. The Morgan fingerprint density at radius 2 is 2.00 bits per heavy atom. The van der Waals surface area contributed by atoms with E-state index in [9.17, 15) is 14.4 Å². The maximum atomic E-state index is 13.8. The number of hydrogen-bond acceptors (Lipinski definition) is 12. The van der Waals surface area contributed by atoms with Crippen molar-refractivity contribution >= 4 is 34.5 Å². The van der Waals surface area contributed by atoms with Crippen molar-refractivity contribution in [1.29, 1.82) is 5.26 Å². The topological polar surface area (TPSA) is 157 Å². The van der Waals surface area contributed by atoms with E-state index < -0.39 is 17.4 Å². The maximum absolute atomic E-state index is 13.8. The number of benzene rings is 1. The van der Waals surface area contributed by atoms with E-state index in [1.165, 1.54) is 18.3 Å². The molecule has 2 aliphatic heterocycles. The van der Waals surface area contributed by atoms with Crippen LogP contribution in [-0.4, -0.2) is 84.6 Å². The summed E-state index contributed by atoms with van der Waals surface area (Å²) < 4.78 is 27.0. The molecule has 14 heteroatoms. The zero-order chi connectivity index (χ0) is 30.8. The van der Waals surface area contributed by atoms with Crippen LogP contribution in [0.3, 0.4) is 0 Å². The number of fused-ring (bicyclic) bond motifs is 1. The van der Waals surface area contributed by atoms with Crippen LogP contribution in [-0.2, 0) is 20.8 Å². The van der Waals surface area contributed by atoms with Crippen LogP contribution in [0.1, 0.15) is 38.3 Å². The Morgan fingerprint density at radius 1 is 1.18 bits per heavy atom. The first kappa shape index (κ1) is 28.9. The average Bonchev–Trinajstić information content (AvgIpc) is 3.42. The molecule has 5 heterocycles. The van der Waals surface area contributed by atoms with Crippen molar-refractivity contribution in [2.24, 2.45) is 4.99 Å². The van der Waals surface area contributed by atoms with Gasteiger partial charge in [0, 0.05) is 43.0 Å². The summed E-state index contributed by atoms with van der Waals surface area (Å²) in [5.74, 6) is -0.442. The standard InChI is InChI=1S/C30H29FN10O3/c1-30(2,3)44-28(42)24-11-18(6-7-33-24)21-13-35-29(36-14-21)40-8-9-43-22(16-40)17-41-27-26(38-39-41)34-15-25(37-27)19-4-5-23(31)20(10-19)12-32/h4-6,10,13-15,22H,7-9,11,16-17H2,1-3H3. The van der Waals surface area contributed by atoms with Gasteiger partial charge in [-0.3, -0.25) is 4.99 Å². The first-order valence-corrected chi connectivity index (χ1v) is 14.1. The fraction of sp³-hybridized carbons (Fsp3) is 0.367. The SMILES string of the molecule is CC(C)(C)OC(=O)C1=NCC=C(c2cnc(N3CCOC(Cn4nnc5ncc(-c6ccc(F)c(C#N)c6)nc54)C3)nc2)C1. The van der Waals surface area contributed by atoms with E-state index in [1.807, 2.05) is 37.8 Å². The minimum atomic E-state index is -0.595. The number of nitrogens with zero attached hydrogens (tertiary/aromatic N) is 10. The average molecular weight is 597 g/mol. The number of aromatic nitrogens is 7. The number of allylic oxidation sites excluding steroid dienone is 1. The van der Waals surface area contributed by atoms with E-state index in [4.69, 9.17) is 9.47 Å². The Balaban J connectivity index is 1.13. The molecule has 1 atom stereocenters. The van der Waals surface area contributed by atoms with E-state index >= 15 is 0 Å². The number of nitriles is 1. The van der Waals surface area contributed by atoms with Crippen molar-refractivity contribution in [2.75, 3.05) is 31.1 Å². The van der Waals surface area contributed by atoms with Crippen molar-refractivity contribution in [3.8, 4) is 17.3 Å². The first-order chi connectivity index (χ1) is 21.2. The highest BCUT2D eigenvalue weighted by molar-refractivity contribution is 6.38. The number of halogens is 1. The van der Waals surface area contributed by atoms with Gasteiger partial charge in [0.2, 0.25) is 11.6 Å². The highest BCUT2D eigenvalue weighted by Gasteiger charge is 2.26. The minimum absolute atomic E-state index is 0.0724. The fourth-order valence-corrected chi connectivity index (χ4v) is 4.91. The van der Waals surface area contributed by atoms with E-state index in [0.29, 0.717) is 73.4 Å². The molecule has 44 heavy (non-hydrogen) atoms. The summed E-state index contributed by atoms with van der Waals surface area (Å²) in [7, 11) is 0. The summed E-state index contributed by atoms with van der Waals surface area (Å²) in [4.78, 5) is 37.1. The van der Waals surface area contributed by atoms with Gasteiger partial charge >= 0.3 is 5.97 Å². The molecule has 0 aliphatic carbocycles. The Kier molecular flexibility index (Phi) is 7.79. The molecule has 1 unspecified atom stereocenters. The number of ether oxygens (including phenoxy) is 2. The number of dihydropyridines is 1. The van der Waals surface area contributed by atoms with Gasteiger partial charge in [0.15, 0.2) is 5.65 Å². The molecule has 0 spiro atoms. The van der Waals surface area contributed by atoms with Gasteiger partial charge in [0.1, 0.15) is 23.2 Å². The molecule has 6 rings (SSSR count). The third kappa shape index (κ3) is 6.28. The zero-order valence-electron chi connectivity index (χ0n) is 24.4. The first-order valence-electron chi connectivity index (χ1n) is 14.1. The monoisotopic (exact) mass is 596 g/mol. The summed E-state index contributed by atoms with van der Waals surface area (Å²) in [6.07, 6.45) is 7.09. The predicted molar refractivity (Wildman–Crippen MR) is 158 cm³/mol. The Labute approximate surface area is 252 Å². The molecule has 1 saturated heterocycles. The van der Waals surface area contributed by atoms with Crippen LogP contribution < -0.4 is 4.90 Å². The number of rotatable bonds is 6. The van der Waals surface area contributed by atoms with Crippen molar-refractivity contribution in [3.63, 3.8) is 0 Å². The molecule has 4 aromatic rings. The van der Waals surface area contributed by atoms with E-state index in [-0.39, 0.29) is 11.7 Å². The number of hydrogen-bond donors (Lipinski definition) is 0. The van der Waals surface area contributed by atoms with Gasteiger partial charge in [-0.25, -0.2) is 33.8 Å². The third-order valence-corrected chi connectivity index (χ3v) is 7.03. The van der Waals surface area contributed by atoms with Crippen molar-refractivity contribution < 1.29 is 18.7 Å². The summed E-state index contributed by atoms with van der Waals surface area (Å²) >= 11 is 0. The fourth-order valence-electron chi connectivity index (χ4n) is 4.91. The molecule has 224 valence electrons. The molecule has 1 fully saturated rings. The Bertz CT molecular complexity index is 1820. The number of carbonyl (C=O) groups is 1. The molecule has 2 aliphatic rings. The number of anilines is 1. The lowest BCUT2D eigenvalue weighted by atomic mass is 10.00. The number of carbonyl (C=O) groups excluding carboxylic acids is 1. The van der Waals surface area contributed by atoms with Crippen LogP contribution in [0, 0.1) is 17.1 Å². The minimum Gasteiger partial charge on any atom is -0.455 e. The largest absolute Gasteiger partial charge is 0.455 e. The van der Waals surface area contributed by atoms with Gasteiger partial charge in [0.25, 0.3) is 0 Å². The maximum Gasteiger partial charge on any atom is 0.353 e. The number of aliphatic imine (C=N–C) groups is 1. The van der Waals surface area contributed by atoms with Crippen molar-refractivity contribution in [3.05, 3.63) is 59.8 Å². The smallest absolute Gasteiger partial charge is 0.353 e. The van der Waals surface area contributed by atoms with Gasteiger partial charge in [-0.2, -0.15) is 5.26 Å². The second kappa shape index (κ2) is 11.8. The predicted octanol–water partition coefficient (Wildman–Crippen LogP) is 3.16. The van der Waals surface area contributed by atoms with E-state index in [1.54, 1.807) is 23.1 Å². The lowest BCUT2D eigenvalue weighted by molar-refractivity contribution is -0.146. The molecular weight excluding hydrogens is 567 g/mol. The van der Waals surface area contributed by atoms with Gasteiger partial charge in [-0.15, -0.1) is 5.10 Å². The normalized spacial score (nSPS) is 17.2. The van der Waals surface area contributed by atoms with Gasteiger partial charge < -0.3 is 14.4 Å². The van der Waals surface area contributed by atoms with Crippen LogP contribution in [0.2, 0.25) is 0 Å². The lowest BCUT2D eigenvalue weighted by Gasteiger charge is -2.32. The highest BCUT2D eigenvalue weighted by Crippen LogP contribution is 2.25. The van der Waals surface area contributed by atoms with Crippen LogP contribution in [0.15, 0.2) is 47.9 Å². The van der Waals surface area contributed by atoms with Crippen molar-refractivity contribution in [2.45, 2.75) is 45.4 Å². The molecule has 0 amide bonds. The molecular formula is C30H29FN10O3. The third-order valence-electron chi connectivity index (χ3n) is 7.03. The molecule has 0 radical (unpaired) electrons. The Morgan fingerprint density at radius 3 is 2.77 bits per heavy atom. The van der Waals surface area contributed by atoms with Crippen LogP contribution in [0.25, 0.3) is 28.1 Å². The zero-order valence-corrected chi connectivity index (χ0v) is 24.4. The Hall–Kier alpha value is -5.16. The molecule has 1 aromatic carbocycles. The summed E-state index contributed by atoms with van der Waals surface area (Å²) in [6.45, 7) is 7.82. The van der Waals surface area contributed by atoms with E-state index in [0.717, 1.165) is 11.1 Å².